The molecule has 1 saturated heterocycles. The van der Waals surface area contributed by atoms with Crippen molar-refractivity contribution < 1.29 is 29.4 Å². The number of amides is 1. The molecule has 2 rings (SSSR count). The number of oxime groups is 1. The van der Waals surface area contributed by atoms with Crippen molar-refractivity contribution >= 4 is 17.6 Å². The van der Waals surface area contributed by atoms with Gasteiger partial charge < -0.3 is 25.1 Å². The molecule has 8 heteroatoms. The van der Waals surface area contributed by atoms with Crippen molar-refractivity contribution in [3.05, 3.63) is 11.6 Å². The van der Waals surface area contributed by atoms with Crippen molar-refractivity contribution in [3.8, 4) is 0 Å². The Labute approximate surface area is 115 Å². The third kappa shape index (κ3) is 2.52. The minimum Gasteiger partial charge on any atom is -0.478 e. The molecule has 20 heavy (non-hydrogen) atoms. The Kier molecular flexibility index (Phi) is 3.53. The third-order valence-electron chi connectivity index (χ3n) is 3.11. The molecule has 1 amide bonds. The Morgan fingerprint density at radius 1 is 1.40 bits per heavy atom. The van der Waals surface area contributed by atoms with Crippen LogP contribution < -0.4 is 5.32 Å². The summed E-state index contributed by atoms with van der Waals surface area (Å²) >= 11 is 0. The highest BCUT2D eigenvalue weighted by Crippen LogP contribution is 2.36. The van der Waals surface area contributed by atoms with E-state index < -0.39 is 30.0 Å². The molecular weight excluding hydrogens is 268 g/mol. The van der Waals surface area contributed by atoms with Crippen LogP contribution in [0.25, 0.3) is 0 Å². The lowest BCUT2D eigenvalue weighted by Gasteiger charge is -2.30. The maximum atomic E-state index is 11.3. The van der Waals surface area contributed by atoms with Crippen molar-refractivity contribution in [3.63, 3.8) is 0 Å². The smallest absolute Gasteiger partial charge is 0.334 e. The van der Waals surface area contributed by atoms with Crippen LogP contribution in [0.4, 0.5) is 0 Å². The number of nitrogens with zero attached hydrogens (tertiary/aromatic N) is 1. The number of hydrogen-bond acceptors (Lipinski definition) is 6. The van der Waals surface area contributed by atoms with Crippen molar-refractivity contribution in [2.24, 2.45) is 5.16 Å². The molecule has 1 aliphatic carbocycles. The zero-order chi connectivity index (χ0) is 15.1. The molecule has 0 saturated carbocycles. The molecule has 3 atom stereocenters. The first kappa shape index (κ1) is 14.5. The van der Waals surface area contributed by atoms with Crippen LogP contribution in [0.3, 0.4) is 0 Å². The van der Waals surface area contributed by atoms with E-state index in [4.69, 9.17) is 14.7 Å². The van der Waals surface area contributed by atoms with Gasteiger partial charge >= 0.3 is 5.97 Å². The van der Waals surface area contributed by atoms with E-state index in [-0.39, 0.29) is 17.2 Å². The molecule has 0 bridgehead atoms. The monoisotopic (exact) mass is 284 g/mol. The average Bonchev–Trinajstić information content (AvgIpc) is 2.63. The Balaban J connectivity index is 2.45. The number of hydrogen-bond donors (Lipinski definition) is 3. The minimum atomic E-state index is -1.19. The topological polar surface area (TPSA) is 117 Å². The number of carboxylic acids is 1. The van der Waals surface area contributed by atoms with Crippen LogP contribution in [0, 0.1) is 0 Å². The van der Waals surface area contributed by atoms with E-state index in [1.165, 1.54) is 13.0 Å². The normalized spacial score (nSPS) is 33.5. The summed E-state index contributed by atoms with van der Waals surface area (Å²) in [6.45, 7) is 4.60. The van der Waals surface area contributed by atoms with Crippen molar-refractivity contribution in [1.82, 2.24) is 5.32 Å². The molecular formula is C12H16N2O6. The summed E-state index contributed by atoms with van der Waals surface area (Å²) in [5, 5.41) is 23.9. The molecule has 1 aliphatic heterocycles. The van der Waals surface area contributed by atoms with Gasteiger partial charge in [0.25, 0.3) is 0 Å². The molecule has 3 N–H and O–H groups in total. The van der Waals surface area contributed by atoms with Crippen molar-refractivity contribution in [1.29, 1.82) is 0 Å². The lowest BCUT2D eigenvalue weighted by Crippen LogP contribution is -2.55. The first-order valence-electron chi connectivity index (χ1n) is 6.05. The fourth-order valence-electron chi connectivity index (χ4n) is 2.42. The van der Waals surface area contributed by atoms with E-state index in [2.05, 4.69) is 10.5 Å². The molecule has 0 radical (unpaired) electrons. The Morgan fingerprint density at radius 2 is 2.05 bits per heavy atom. The highest BCUT2D eigenvalue weighted by Gasteiger charge is 2.52. The van der Waals surface area contributed by atoms with Gasteiger partial charge in [0.05, 0.1) is 5.57 Å². The first-order chi connectivity index (χ1) is 9.25. The number of ether oxygens (including phenoxy) is 2. The standard InChI is InChI=1S/C12H16N2O6/c1-5(15)13-8-7(14-18)4-6(11(16)17)9-10(8)20-12(2,3)19-9/h4,8-10,18H,1-3H3,(H,13,15)(H,16,17). The number of nitrogens with one attached hydrogen (secondary N) is 1. The van der Waals surface area contributed by atoms with Crippen LogP contribution in [0.15, 0.2) is 16.8 Å². The van der Waals surface area contributed by atoms with Gasteiger partial charge in [-0.15, -0.1) is 0 Å². The van der Waals surface area contributed by atoms with Crippen LogP contribution in [-0.2, 0) is 19.1 Å². The van der Waals surface area contributed by atoms with Crippen LogP contribution in [0.2, 0.25) is 0 Å². The lowest BCUT2D eigenvalue weighted by atomic mass is 9.88. The van der Waals surface area contributed by atoms with Gasteiger partial charge in [-0.3, -0.25) is 4.79 Å². The lowest BCUT2D eigenvalue weighted by molar-refractivity contribution is -0.147. The van der Waals surface area contributed by atoms with Gasteiger partial charge in [-0.2, -0.15) is 0 Å². The Bertz CT molecular complexity index is 510. The van der Waals surface area contributed by atoms with E-state index in [1.807, 2.05) is 0 Å². The van der Waals surface area contributed by atoms with Crippen LogP contribution in [0.5, 0.6) is 0 Å². The largest absolute Gasteiger partial charge is 0.478 e. The zero-order valence-electron chi connectivity index (χ0n) is 11.3. The molecule has 0 spiro atoms. The minimum absolute atomic E-state index is 0.0140. The fraction of sp³-hybridized carbons (Fsp3) is 0.583. The van der Waals surface area contributed by atoms with Gasteiger partial charge in [0, 0.05) is 6.92 Å². The number of fused-ring (bicyclic) bond motifs is 1. The Hall–Kier alpha value is -1.93. The second-order valence-electron chi connectivity index (χ2n) is 5.13. The molecule has 0 aromatic heterocycles. The fourth-order valence-corrected chi connectivity index (χ4v) is 2.42. The van der Waals surface area contributed by atoms with Gasteiger partial charge in [0.2, 0.25) is 5.91 Å². The molecule has 8 nitrogen and oxygen atoms in total. The predicted octanol–water partition coefficient (Wildman–Crippen LogP) is -0.134. The molecule has 110 valence electrons. The Morgan fingerprint density at radius 3 is 2.55 bits per heavy atom. The second kappa shape index (κ2) is 4.88. The maximum absolute atomic E-state index is 11.3. The summed E-state index contributed by atoms with van der Waals surface area (Å²) in [4.78, 5) is 22.5. The van der Waals surface area contributed by atoms with E-state index in [0.717, 1.165) is 0 Å². The summed E-state index contributed by atoms with van der Waals surface area (Å²) in [5.41, 5.74) is -0.0601. The molecule has 0 aromatic carbocycles. The van der Waals surface area contributed by atoms with Gasteiger partial charge in [0.1, 0.15) is 24.0 Å². The van der Waals surface area contributed by atoms with E-state index >= 15 is 0 Å². The molecule has 2 aliphatic rings. The van der Waals surface area contributed by atoms with Gasteiger partial charge in [-0.25, -0.2) is 4.79 Å². The SMILES string of the molecule is CC(=O)NC1C(=NO)C=C(C(=O)O)C2OC(C)(C)OC12. The summed E-state index contributed by atoms with van der Waals surface area (Å²) in [7, 11) is 0. The number of aliphatic carboxylic acids is 1. The highest BCUT2D eigenvalue weighted by molar-refractivity contribution is 6.08. The van der Waals surface area contributed by atoms with E-state index in [1.54, 1.807) is 13.8 Å². The van der Waals surface area contributed by atoms with Crippen molar-refractivity contribution in [2.75, 3.05) is 0 Å². The summed E-state index contributed by atoms with van der Waals surface area (Å²) in [6.07, 6.45) is -0.421. The molecule has 3 unspecified atom stereocenters. The van der Waals surface area contributed by atoms with Crippen molar-refractivity contribution in [2.45, 2.75) is 44.8 Å². The quantitative estimate of drug-likeness (QED) is 0.480. The van der Waals surface area contributed by atoms with Gasteiger partial charge in [-0.05, 0) is 19.9 Å². The highest BCUT2D eigenvalue weighted by atomic mass is 16.8. The van der Waals surface area contributed by atoms with Crippen LogP contribution in [-0.4, -0.2) is 51.9 Å². The number of carbonyl (C=O) groups excluding carboxylic acids is 1. The van der Waals surface area contributed by atoms with Gasteiger partial charge in [0.15, 0.2) is 5.79 Å². The van der Waals surface area contributed by atoms with E-state index in [0.29, 0.717) is 0 Å². The van der Waals surface area contributed by atoms with Crippen LogP contribution >= 0.6 is 0 Å². The van der Waals surface area contributed by atoms with E-state index in [9.17, 15) is 14.7 Å². The van der Waals surface area contributed by atoms with Gasteiger partial charge in [-0.1, -0.05) is 5.16 Å². The predicted molar refractivity (Wildman–Crippen MR) is 66.4 cm³/mol. The maximum Gasteiger partial charge on any atom is 0.334 e. The number of rotatable bonds is 2. The molecule has 1 heterocycles. The summed E-state index contributed by atoms with van der Waals surface area (Å²) < 4.78 is 11.2. The third-order valence-corrected chi connectivity index (χ3v) is 3.11. The summed E-state index contributed by atoms with van der Waals surface area (Å²) in [5.74, 6) is -2.54. The molecule has 0 aromatic rings. The zero-order valence-corrected chi connectivity index (χ0v) is 11.3. The first-order valence-corrected chi connectivity index (χ1v) is 6.05. The average molecular weight is 284 g/mol. The number of carboxylic acid groups (broad SMARTS) is 1. The molecule has 1 fully saturated rings. The number of carbonyl (C=O) groups is 2. The van der Waals surface area contributed by atoms with Crippen LogP contribution in [0.1, 0.15) is 20.8 Å². The summed E-state index contributed by atoms with van der Waals surface area (Å²) in [6, 6.07) is -0.771. The second-order valence-corrected chi connectivity index (χ2v) is 5.13.